The highest BCUT2D eigenvalue weighted by molar-refractivity contribution is 5.82. The van der Waals surface area contributed by atoms with Gasteiger partial charge in [-0.15, -0.1) is 0 Å². The van der Waals surface area contributed by atoms with Crippen molar-refractivity contribution in [2.24, 2.45) is 11.7 Å². The third-order valence-electron chi connectivity index (χ3n) is 2.70. The number of hydrogen-bond donors (Lipinski definition) is 1. The molecule has 0 amide bonds. The fraction of sp³-hybridized carbons (Fsp3) is 0.667. The largest absolute Gasteiger partial charge is 0.330 e. The molecule has 0 aliphatic heterocycles. The standard InChI is InChI=1S/C12H21N3O/c1-9(2)15-7-5-11(14-15)8-12(16)10(3)4-6-13/h5,7,9-10H,4,6,8,13H2,1-3H3. The molecule has 90 valence electrons. The van der Waals surface area contributed by atoms with E-state index in [1.54, 1.807) is 0 Å². The molecule has 4 nitrogen and oxygen atoms in total. The quantitative estimate of drug-likeness (QED) is 0.796. The molecule has 0 aliphatic carbocycles. The summed E-state index contributed by atoms with van der Waals surface area (Å²) in [4.78, 5) is 11.8. The molecule has 16 heavy (non-hydrogen) atoms. The summed E-state index contributed by atoms with van der Waals surface area (Å²) in [6.07, 6.45) is 3.09. The lowest BCUT2D eigenvalue weighted by Gasteiger charge is -2.07. The summed E-state index contributed by atoms with van der Waals surface area (Å²) >= 11 is 0. The molecule has 0 fully saturated rings. The normalized spacial score (nSPS) is 13.1. The summed E-state index contributed by atoms with van der Waals surface area (Å²) in [5.74, 6) is 0.258. The highest BCUT2D eigenvalue weighted by Crippen LogP contribution is 2.09. The topological polar surface area (TPSA) is 60.9 Å². The fourth-order valence-electron chi connectivity index (χ4n) is 1.52. The van der Waals surface area contributed by atoms with Crippen LogP contribution in [0.5, 0.6) is 0 Å². The number of nitrogens with two attached hydrogens (primary N) is 1. The molecule has 0 spiro atoms. The van der Waals surface area contributed by atoms with E-state index >= 15 is 0 Å². The number of ketones is 1. The van der Waals surface area contributed by atoms with Crippen LogP contribution in [0.1, 0.15) is 38.9 Å². The van der Waals surface area contributed by atoms with Gasteiger partial charge in [0.05, 0.1) is 12.1 Å². The summed E-state index contributed by atoms with van der Waals surface area (Å²) < 4.78 is 1.87. The van der Waals surface area contributed by atoms with Gasteiger partial charge >= 0.3 is 0 Å². The van der Waals surface area contributed by atoms with Crippen LogP contribution in [0.25, 0.3) is 0 Å². The Morgan fingerprint density at radius 3 is 2.69 bits per heavy atom. The van der Waals surface area contributed by atoms with Crippen molar-refractivity contribution in [2.45, 2.75) is 39.7 Å². The van der Waals surface area contributed by atoms with Crippen LogP contribution >= 0.6 is 0 Å². The number of Topliss-reactive ketones (excluding diaryl/α,β-unsaturated/α-hetero) is 1. The molecule has 1 heterocycles. The fourth-order valence-corrected chi connectivity index (χ4v) is 1.52. The number of nitrogens with zero attached hydrogens (tertiary/aromatic N) is 2. The Bertz CT molecular complexity index is 344. The van der Waals surface area contributed by atoms with E-state index in [-0.39, 0.29) is 11.7 Å². The van der Waals surface area contributed by atoms with Crippen molar-refractivity contribution in [2.75, 3.05) is 6.54 Å². The third kappa shape index (κ3) is 3.45. The Morgan fingerprint density at radius 1 is 1.50 bits per heavy atom. The van der Waals surface area contributed by atoms with Crippen LogP contribution in [0, 0.1) is 5.92 Å². The summed E-state index contributed by atoms with van der Waals surface area (Å²) in [5, 5.41) is 4.36. The first-order valence-electron chi connectivity index (χ1n) is 5.81. The van der Waals surface area contributed by atoms with Gasteiger partial charge in [0, 0.05) is 18.2 Å². The van der Waals surface area contributed by atoms with Crippen molar-refractivity contribution < 1.29 is 4.79 Å². The first-order valence-corrected chi connectivity index (χ1v) is 5.81. The van der Waals surface area contributed by atoms with Gasteiger partial charge in [0.15, 0.2) is 0 Å². The van der Waals surface area contributed by atoms with Gasteiger partial charge in [-0.2, -0.15) is 5.10 Å². The Hall–Kier alpha value is -1.16. The minimum absolute atomic E-state index is 0.0363. The average molecular weight is 223 g/mol. The predicted octanol–water partition coefficient (Wildman–Crippen LogP) is 1.56. The van der Waals surface area contributed by atoms with Gasteiger partial charge in [-0.1, -0.05) is 6.92 Å². The van der Waals surface area contributed by atoms with E-state index < -0.39 is 0 Å². The summed E-state index contributed by atoms with van der Waals surface area (Å²) in [5.41, 5.74) is 6.28. The highest BCUT2D eigenvalue weighted by Gasteiger charge is 2.14. The molecule has 0 saturated carbocycles. The van der Waals surface area contributed by atoms with Gasteiger partial charge in [-0.3, -0.25) is 9.48 Å². The smallest absolute Gasteiger partial charge is 0.141 e. The summed E-state index contributed by atoms with van der Waals surface area (Å²) in [6, 6.07) is 2.25. The third-order valence-corrected chi connectivity index (χ3v) is 2.70. The molecule has 0 bridgehead atoms. The molecule has 4 heteroatoms. The number of hydrogen-bond acceptors (Lipinski definition) is 3. The van der Waals surface area contributed by atoms with Crippen LogP contribution in [0.2, 0.25) is 0 Å². The molecule has 1 unspecified atom stereocenters. The van der Waals surface area contributed by atoms with Crippen LogP contribution in [-0.2, 0) is 11.2 Å². The van der Waals surface area contributed by atoms with Gasteiger partial charge in [0.25, 0.3) is 0 Å². The van der Waals surface area contributed by atoms with E-state index in [0.29, 0.717) is 19.0 Å². The molecule has 0 radical (unpaired) electrons. The van der Waals surface area contributed by atoms with Crippen LogP contribution in [-0.4, -0.2) is 22.1 Å². The first kappa shape index (κ1) is 12.9. The lowest BCUT2D eigenvalue weighted by atomic mass is 9.99. The number of carbonyl (C=O) groups is 1. The SMILES string of the molecule is CC(CCN)C(=O)Cc1ccn(C(C)C)n1. The number of rotatable bonds is 6. The predicted molar refractivity (Wildman–Crippen MR) is 64.2 cm³/mol. The highest BCUT2D eigenvalue weighted by atomic mass is 16.1. The van der Waals surface area contributed by atoms with E-state index in [0.717, 1.165) is 12.1 Å². The van der Waals surface area contributed by atoms with Crippen molar-refractivity contribution in [3.05, 3.63) is 18.0 Å². The van der Waals surface area contributed by atoms with E-state index in [1.807, 2.05) is 23.9 Å². The molecule has 0 aliphatic rings. The molecule has 1 aromatic rings. The second kappa shape index (κ2) is 5.80. The minimum atomic E-state index is 0.0363. The Labute approximate surface area is 96.8 Å². The minimum Gasteiger partial charge on any atom is -0.330 e. The molecule has 0 saturated heterocycles. The van der Waals surface area contributed by atoms with Gasteiger partial charge in [-0.25, -0.2) is 0 Å². The number of carbonyl (C=O) groups excluding carboxylic acids is 1. The molecular weight excluding hydrogens is 202 g/mol. The van der Waals surface area contributed by atoms with Crippen LogP contribution in [0.15, 0.2) is 12.3 Å². The number of aromatic nitrogens is 2. The molecule has 1 rings (SSSR count). The second-order valence-electron chi connectivity index (χ2n) is 4.50. The van der Waals surface area contributed by atoms with Gasteiger partial charge in [0.2, 0.25) is 0 Å². The van der Waals surface area contributed by atoms with E-state index in [4.69, 9.17) is 5.73 Å². The molecule has 1 atom stereocenters. The Morgan fingerprint density at radius 2 is 2.19 bits per heavy atom. The van der Waals surface area contributed by atoms with Crippen molar-refractivity contribution >= 4 is 5.78 Å². The van der Waals surface area contributed by atoms with Crippen molar-refractivity contribution in [3.63, 3.8) is 0 Å². The monoisotopic (exact) mass is 223 g/mol. The zero-order chi connectivity index (χ0) is 12.1. The zero-order valence-electron chi connectivity index (χ0n) is 10.3. The Kier molecular flexibility index (Phi) is 4.68. The average Bonchev–Trinajstić information content (AvgIpc) is 2.66. The van der Waals surface area contributed by atoms with Gasteiger partial charge in [0.1, 0.15) is 5.78 Å². The zero-order valence-corrected chi connectivity index (χ0v) is 10.3. The van der Waals surface area contributed by atoms with Crippen molar-refractivity contribution in [1.82, 2.24) is 9.78 Å². The van der Waals surface area contributed by atoms with Crippen molar-refractivity contribution in [1.29, 1.82) is 0 Å². The van der Waals surface area contributed by atoms with E-state index in [9.17, 15) is 4.79 Å². The molecule has 0 aromatic carbocycles. The second-order valence-corrected chi connectivity index (χ2v) is 4.50. The first-order chi connectivity index (χ1) is 7.54. The Balaban J connectivity index is 2.56. The van der Waals surface area contributed by atoms with Gasteiger partial charge in [-0.05, 0) is 32.9 Å². The molecule has 2 N–H and O–H groups in total. The van der Waals surface area contributed by atoms with Crippen LogP contribution in [0.4, 0.5) is 0 Å². The van der Waals surface area contributed by atoms with Crippen LogP contribution < -0.4 is 5.73 Å². The lowest BCUT2D eigenvalue weighted by Crippen LogP contribution is -2.17. The molecule has 1 aromatic heterocycles. The van der Waals surface area contributed by atoms with Gasteiger partial charge < -0.3 is 5.73 Å². The maximum absolute atomic E-state index is 11.8. The van der Waals surface area contributed by atoms with Crippen LogP contribution in [0.3, 0.4) is 0 Å². The van der Waals surface area contributed by atoms with E-state index in [1.165, 1.54) is 0 Å². The maximum atomic E-state index is 11.8. The van der Waals surface area contributed by atoms with Crippen molar-refractivity contribution in [3.8, 4) is 0 Å². The van der Waals surface area contributed by atoms with E-state index in [2.05, 4.69) is 18.9 Å². The maximum Gasteiger partial charge on any atom is 0.141 e. The lowest BCUT2D eigenvalue weighted by molar-refractivity contribution is -0.121. The summed E-state index contributed by atoms with van der Waals surface area (Å²) in [6.45, 7) is 6.62. The molecular formula is C12H21N3O. The summed E-state index contributed by atoms with van der Waals surface area (Å²) in [7, 11) is 0.